The van der Waals surface area contributed by atoms with Crippen LogP contribution in [0.3, 0.4) is 0 Å². The van der Waals surface area contributed by atoms with Crippen LogP contribution in [0.25, 0.3) is 4.96 Å². The molecule has 1 aliphatic rings. The normalized spacial score (nSPS) is 23.8. The van der Waals surface area contributed by atoms with Crippen LogP contribution < -0.4 is 9.64 Å². The minimum Gasteiger partial charge on any atom is -0.497 e. The number of thiazole rings is 1. The van der Waals surface area contributed by atoms with Crippen molar-refractivity contribution in [1.82, 2.24) is 14.6 Å². The van der Waals surface area contributed by atoms with Gasteiger partial charge in [-0.1, -0.05) is 30.4 Å². The van der Waals surface area contributed by atoms with Gasteiger partial charge < -0.3 is 19.5 Å². The first-order valence-electron chi connectivity index (χ1n) is 9.71. The maximum atomic E-state index is 11.0. The molecule has 0 amide bonds. The molecule has 1 saturated heterocycles. The molecule has 0 aliphatic carbocycles. The van der Waals surface area contributed by atoms with Gasteiger partial charge in [0, 0.05) is 12.0 Å². The highest BCUT2D eigenvalue weighted by atomic mass is 32.1. The molecular formula is C20H27N4O3S+. The molecule has 28 heavy (non-hydrogen) atoms. The average Bonchev–Trinajstić information content (AvgIpc) is 3.21. The minimum atomic E-state index is -0.0394. The van der Waals surface area contributed by atoms with E-state index in [1.54, 1.807) is 11.6 Å². The molecule has 1 fully saturated rings. The maximum Gasteiger partial charge on any atom is 0.235 e. The predicted octanol–water partition coefficient (Wildman–Crippen LogP) is 1.85. The molecule has 1 aliphatic heterocycles. The van der Waals surface area contributed by atoms with Crippen LogP contribution in [0.2, 0.25) is 0 Å². The van der Waals surface area contributed by atoms with Crippen LogP contribution in [0.1, 0.15) is 43.1 Å². The molecule has 2 N–H and O–H groups in total. The van der Waals surface area contributed by atoms with E-state index in [4.69, 9.17) is 9.47 Å². The van der Waals surface area contributed by atoms with Crippen molar-refractivity contribution in [3.63, 3.8) is 0 Å². The Morgan fingerprint density at radius 3 is 2.75 bits per heavy atom. The van der Waals surface area contributed by atoms with Crippen LogP contribution in [0.5, 0.6) is 11.6 Å². The number of nitrogens with one attached hydrogen (secondary N) is 1. The molecule has 0 radical (unpaired) electrons. The third-order valence-corrected chi connectivity index (χ3v) is 6.31. The number of rotatable bonds is 5. The number of fused-ring (bicyclic) bond motifs is 1. The topological polar surface area (TPSA) is 73.3 Å². The summed E-state index contributed by atoms with van der Waals surface area (Å²) in [6.07, 6.45) is 1.05. The lowest BCUT2D eigenvalue weighted by Gasteiger charge is -2.37. The highest BCUT2D eigenvalue weighted by Crippen LogP contribution is 2.36. The number of methoxy groups -OCH3 is 1. The lowest BCUT2D eigenvalue weighted by molar-refractivity contribution is -0.939. The Kier molecular flexibility index (Phi) is 5.27. The zero-order valence-corrected chi connectivity index (χ0v) is 17.5. The molecule has 8 heteroatoms. The van der Waals surface area contributed by atoms with Crippen molar-refractivity contribution >= 4 is 16.3 Å². The zero-order chi connectivity index (χ0) is 19.8. The monoisotopic (exact) mass is 403 g/mol. The van der Waals surface area contributed by atoms with Crippen molar-refractivity contribution in [2.45, 2.75) is 45.4 Å². The summed E-state index contributed by atoms with van der Waals surface area (Å²) in [5.41, 5.74) is 1.10. The van der Waals surface area contributed by atoms with Gasteiger partial charge >= 0.3 is 0 Å². The molecule has 3 heterocycles. The quantitative estimate of drug-likeness (QED) is 0.680. The van der Waals surface area contributed by atoms with Crippen LogP contribution in [0, 0.1) is 0 Å². The second kappa shape index (κ2) is 7.69. The van der Waals surface area contributed by atoms with Crippen molar-refractivity contribution in [2.75, 3.05) is 20.2 Å². The van der Waals surface area contributed by atoms with Crippen molar-refractivity contribution in [3.05, 3.63) is 40.5 Å². The first-order chi connectivity index (χ1) is 13.5. The molecule has 1 aromatic carbocycles. The molecule has 0 spiro atoms. The summed E-state index contributed by atoms with van der Waals surface area (Å²) >= 11 is 1.51. The molecule has 0 bridgehead atoms. The Balaban J connectivity index is 1.82. The Bertz CT molecular complexity index is 960. The highest BCUT2D eigenvalue weighted by molar-refractivity contribution is 7.17. The highest BCUT2D eigenvalue weighted by Gasteiger charge is 2.37. The Morgan fingerprint density at radius 1 is 1.36 bits per heavy atom. The molecule has 4 rings (SSSR count). The summed E-state index contributed by atoms with van der Waals surface area (Å²) in [7, 11) is 1.67. The number of aromatic hydroxyl groups is 1. The number of ether oxygens (including phenoxy) is 2. The van der Waals surface area contributed by atoms with Gasteiger partial charge in [0.1, 0.15) is 35.9 Å². The number of nitrogens with zero attached hydrogens (tertiary/aromatic N) is 3. The fourth-order valence-electron chi connectivity index (χ4n) is 4.07. The Morgan fingerprint density at radius 2 is 2.11 bits per heavy atom. The fraction of sp³-hybridized carbons (Fsp3) is 0.500. The minimum absolute atomic E-state index is 0.0394. The lowest BCUT2D eigenvalue weighted by atomic mass is 10.0. The van der Waals surface area contributed by atoms with Crippen molar-refractivity contribution in [3.8, 4) is 11.6 Å². The predicted molar refractivity (Wildman–Crippen MR) is 107 cm³/mol. The zero-order valence-electron chi connectivity index (χ0n) is 16.7. The van der Waals surface area contributed by atoms with Gasteiger partial charge in [0.25, 0.3) is 0 Å². The summed E-state index contributed by atoms with van der Waals surface area (Å²) < 4.78 is 13.0. The van der Waals surface area contributed by atoms with E-state index in [1.807, 2.05) is 19.1 Å². The van der Waals surface area contributed by atoms with Crippen LogP contribution >= 0.6 is 11.3 Å². The van der Waals surface area contributed by atoms with Gasteiger partial charge in [-0.3, -0.25) is 0 Å². The molecule has 150 valence electrons. The average molecular weight is 404 g/mol. The molecular weight excluding hydrogens is 376 g/mol. The van der Waals surface area contributed by atoms with Gasteiger partial charge in [-0.05, 0) is 26.0 Å². The Labute approximate surface area is 168 Å². The third-order valence-electron chi connectivity index (χ3n) is 5.22. The fourth-order valence-corrected chi connectivity index (χ4v) is 5.23. The number of quaternary nitrogens is 1. The van der Waals surface area contributed by atoms with Crippen LogP contribution in [0.4, 0.5) is 0 Å². The second-order valence-corrected chi connectivity index (χ2v) is 8.41. The number of aryl methyl sites for hydroxylation is 1. The van der Waals surface area contributed by atoms with Crippen molar-refractivity contribution in [1.29, 1.82) is 0 Å². The van der Waals surface area contributed by atoms with Crippen molar-refractivity contribution < 1.29 is 19.5 Å². The van der Waals surface area contributed by atoms with E-state index in [-0.39, 0.29) is 24.1 Å². The molecule has 0 saturated carbocycles. The summed E-state index contributed by atoms with van der Waals surface area (Å²) in [5, 5.41) is 15.5. The van der Waals surface area contributed by atoms with E-state index in [1.165, 1.54) is 16.2 Å². The van der Waals surface area contributed by atoms with E-state index in [0.717, 1.165) is 46.5 Å². The molecule has 0 unspecified atom stereocenters. The number of benzene rings is 1. The van der Waals surface area contributed by atoms with Gasteiger partial charge in [-0.25, -0.2) is 4.98 Å². The summed E-state index contributed by atoms with van der Waals surface area (Å²) in [6.45, 7) is 7.94. The molecule has 7 nitrogen and oxygen atoms in total. The van der Waals surface area contributed by atoms with Crippen molar-refractivity contribution in [2.24, 2.45) is 0 Å². The number of hydrogen-bond acceptors (Lipinski definition) is 6. The van der Waals surface area contributed by atoms with E-state index < -0.39 is 0 Å². The van der Waals surface area contributed by atoms with E-state index in [2.05, 4.69) is 36.1 Å². The second-order valence-electron chi connectivity index (χ2n) is 7.40. The van der Waals surface area contributed by atoms with Gasteiger partial charge in [-0.15, -0.1) is 5.10 Å². The molecule has 2 aromatic heterocycles. The summed E-state index contributed by atoms with van der Waals surface area (Å²) in [5.74, 6) is 1.73. The summed E-state index contributed by atoms with van der Waals surface area (Å²) in [6, 6.07) is 8.04. The smallest absolute Gasteiger partial charge is 0.235 e. The lowest BCUT2D eigenvalue weighted by Crippen LogP contribution is -3.15. The van der Waals surface area contributed by atoms with Crippen LogP contribution in [-0.2, 0) is 11.2 Å². The largest absolute Gasteiger partial charge is 0.497 e. The van der Waals surface area contributed by atoms with Gasteiger partial charge in [0.15, 0.2) is 11.9 Å². The standard InChI is InChI=1S/C20H26N4O3S/c1-5-16-21-20-24(22-16)19(25)18(28-20)17(14-7-6-8-15(9-14)26-4)23-10-12(2)27-13(3)11-23/h6-9,12-13,17,25H,5,10-11H2,1-4H3/p+1/t12-,13-,17-/m1/s1. The van der Waals surface area contributed by atoms with Gasteiger partial charge in [0.2, 0.25) is 10.8 Å². The number of morpholine rings is 1. The SMILES string of the molecule is CCc1nc2sc([C@@H](c3cccc(OC)c3)[NH+]3C[C@@H](C)O[C@H](C)C3)c(O)n2n1. The number of aromatic nitrogens is 3. The first-order valence-corrected chi connectivity index (χ1v) is 10.5. The number of hydrogen-bond donors (Lipinski definition) is 2. The Hall–Kier alpha value is -2.16. The van der Waals surface area contributed by atoms with E-state index >= 15 is 0 Å². The summed E-state index contributed by atoms with van der Waals surface area (Å²) in [4.78, 5) is 7.51. The maximum absolute atomic E-state index is 11.0. The first kappa shape index (κ1) is 19.2. The van der Waals surface area contributed by atoms with Crippen LogP contribution in [-0.4, -0.2) is 52.1 Å². The van der Waals surface area contributed by atoms with Gasteiger partial charge in [-0.2, -0.15) is 4.52 Å². The van der Waals surface area contributed by atoms with Crippen LogP contribution in [0.15, 0.2) is 24.3 Å². The van der Waals surface area contributed by atoms with Gasteiger partial charge in [0.05, 0.1) is 7.11 Å². The third kappa shape index (κ3) is 3.47. The molecule has 3 atom stereocenters. The molecule has 3 aromatic rings. The van der Waals surface area contributed by atoms with E-state index in [0.29, 0.717) is 0 Å². The van der Waals surface area contributed by atoms with E-state index in [9.17, 15) is 5.11 Å².